The predicted octanol–water partition coefficient (Wildman–Crippen LogP) is 4.34. The molecule has 100 valence electrons. The Bertz CT molecular complexity index is 652. The van der Waals surface area contributed by atoms with Crippen LogP contribution in [0.3, 0.4) is 0 Å². The molecule has 0 saturated carbocycles. The van der Waals surface area contributed by atoms with Crippen molar-refractivity contribution >= 4 is 38.9 Å². The van der Waals surface area contributed by atoms with Gasteiger partial charge in [0.2, 0.25) is 0 Å². The lowest BCUT2D eigenvalue weighted by Crippen LogP contribution is -2.00. The first-order valence-electron chi connectivity index (χ1n) is 5.06. The summed E-state index contributed by atoms with van der Waals surface area (Å²) in [5.41, 5.74) is 11.0. The molecular formula is C12H8BrClF2N2O. The monoisotopic (exact) mass is 348 g/mol. The van der Waals surface area contributed by atoms with Gasteiger partial charge >= 0.3 is 0 Å². The maximum Gasteiger partial charge on any atom is 0.188 e. The van der Waals surface area contributed by atoms with Crippen molar-refractivity contribution in [2.24, 2.45) is 0 Å². The van der Waals surface area contributed by atoms with Crippen molar-refractivity contribution in [2.45, 2.75) is 0 Å². The standard InChI is InChI=1S/C12H8BrClF2N2O/c13-5-1-2-6(15)9(3-5)19-12-8(18)4-7(17)10(14)11(12)16/h1-4H,17-18H2. The number of ether oxygens (including phenoxy) is 1. The average molecular weight is 350 g/mol. The van der Waals surface area contributed by atoms with Crippen molar-refractivity contribution in [3.8, 4) is 11.5 Å². The van der Waals surface area contributed by atoms with Crippen LogP contribution in [0.1, 0.15) is 0 Å². The van der Waals surface area contributed by atoms with Gasteiger partial charge in [0.15, 0.2) is 23.1 Å². The number of halogens is 4. The zero-order valence-corrected chi connectivity index (χ0v) is 11.7. The SMILES string of the molecule is Nc1cc(N)c(Oc2cc(Br)ccc2F)c(F)c1Cl. The minimum Gasteiger partial charge on any atom is -0.449 e. The number of hydrogen-bond donors (Lipinski definition) is 2. The van der Waals surface area contributed by atoms with Crippen molar-refractivity contribution in [1.82, 2.24) is 0 Å². The minimum atomic E-state index is -0.932. The fourth-order valence-electron chi connectivity index (χ4n) is 1.42. The van der Waals surface area contributed by atoms with E-state index in [0.717, 1.165) is 0 Å². The largest absolute Gasteiger partial charge is 0.449 e. The van der Waals surface area contributed by atoms with Crippen LogP contribution in [-0.2, 0) is 0 Å². The Morgan fingerprint density at radius 3 is 2.47 bits per heavy atom. The van der Waals surface area contributed by atoms with Crippen molar-refractivity contribution in [3.05, 3.63) is 45.4 Å². The van der Waals surface area contributed by atoms with E-state index in [9.17, 15) is 8.78 Å². The second kappa shape index (κ2) is 5.22. The van der Waals surface area contributed by atoms with Gasteiger partial charge in [-0.05, 0) is 24.3 Å². The zero-order chi connectivity index (χ0) is 14.2. The van der Waals surface area contributed by atoms with E-state index in [1.54, 1.807) is 0 Å². The van der Waals surface area contributed by atoms with Crippen LogP contribution >= 0.6 is 27.5 Å². The third-order valence-electron chi connectivity index (χ3n) is 2.32. The zero-order valence-electron chi connectivity index (χ0n) is 9.38. The molecule has 0 radical (unpaired) electrons. The van der Waals surface area contributed by atoms with E-state index in [0.29, 0.717) is 4.47 Å². The minimum absolute atomic E-state index is 0.0151. The van der Waals surface area contributed by atoms with Crippen LogP contribution in [0.25, 0.3) is 0 Å². The van der Waals surface area contributed by atoms with E-state index in [-0.39, 0.29) is 27.9 Å². The summed E-state index contributed by atoms with van der Waals surface area (Å²) in [6, 6.07) is 5.25. The van der Waals surface area contributed by atoms with E-state index in [2.05, 4.69) is 15.9 Å². The van der Waals surface area contributed by atoms with E-state index in [1.165, 1.54) is 24.3 Å². The summed E-state index contributed by atoms with van der Waals surface area (Å²) in [4.78, 5) is 0. The van der Waals surface area contributed by atoms with Crippen molar-refractivity contribution < 1.29 is 13.5 Å². The van der Waals surface area contributed by atoms with Gasteiger partial charge in [0.25, 0.3) is 0 Å². The van der Waals surface area contributed by atoms with Gasteiger partial charge in [-0.2, -0.15) is 0 Å². The number of hydrogen-bond acceptors (Lipinski definition) is 3. The molecule has 0 spiro atoms. The van der Waals surface area contributed by atoms with Crippen molar-refractivity contribution in [1.29, 1.82) is 0 Å². The van der Waals surface area contributed by atoms with E-state index < -0.39 is 11.6 Å². The van der Waals surface area contributed by atoms with Gasteiger partial charge in [0.05, 0.1) is 11.4 Å². The van der Waals surface area contributed by atoms with Crippen LogP contribution in [0, 0.1) is 11.6 Å². The summed E-state index contributed by atoms with van der Waals surface area (Å²) in [5, 5.41) is -0.320. The normalized spacial score (nSPS) is 10.5. The molecule has 0 fully saturated rings. The summed E-state index contributed by atoms with van der Waals surface area (Å²) in [5.74, 6) is -2.13. The number of anilines is 2. The molecule has 0 aromatic heterocycles. The Kier molecular flexibility index (Phi) is 3.82. The van der Waals surface area contributed by atoms with Gasteiger partial charge < -0.3 is 16.2 Å². The molecule has 0 unspecified atom stereocenters. The molecule has 0 amide bonds. The molecule has 4 N–H and O–H groups in total. The Balaban J connectivity index is 2.49. The van der Waals surface area contributed by atoms with Gasteiger partial charge in [-0.1, -0.05) is 27.5 Å². The summed E-state index contributed by atoms with van der Waals surface area (Å²) >= 11 is 8.81. The molecule has 2 aromatic carbocycles. The summed E-state index contributed by atoms with van der Waals surface area (Å²) < 4.78 is 33.1. The lowest BCUT2D eigenvalue weighted by Gasteiger charge is -2.12. The Labute approximate surface area is 121 Å². The van der Waals surface area contributed by atoms with Crippen LogP contribution in [0.4, 0.5) is 20.2 Å². The lowest BCUT2D eigenvalue weighted by atomic mass is 10.2. The molecule has 0 saturated heterocycles. The van der Waals surface area contributed by atoms with E-state index in [1.807, 2.05) is 0 Å². The molecule has 2 aromatic rings. The van der Waals surface area contributed by atoms with Gasteiger partial charge in [0, 0.05) is 4.47 Å². The van der Waals surface area contributed by atoms with Gasteiger partial charge in [-0.15, -0.1) is 0 Å². The molecule has 2 rings (SSSR count). The quantitative estimate of drug-likeness (QED) is 0.793. The highest BCUT2D eigenvalue weighted by molar-refractivity contribution is 9.10. The Morgan fingerprint density at radius 1 is 1.11 bits per heavy atom. The molecule has 0 bridgehead atoms. The van der Waals surface area contributed by atoms with Crippen molar-refractivity contribution in [3.63, 3.8) is 0 Å². The Hall–Kier alpha value is -1.53. The number of benzene rings is 2. The number of rotatable bonds is 2. The third-order valence-corrected chi connectivity index (χ3v) is 3.20. The molecule has 0 aliphatic heterocycles. The van der Waals surface area contributed by atoms with E-state index >= 15 is 0 Å². The molecule has 0 aliphatic carbocycles. The maximum absolute atomic E-state index is 13.9. The summed E-state index contributed by atoms with van der Waals surface area (Å²) in [6.45, 7) is 0. The second-order valence-electron chi connectivity index (χ2n) is 3.69. The van der Waals surface area contributed by atoms with Crippen molar-refractivity contribution in [2.75, 3.05) is 11.5 Å². The maximum atomic E-state index is 13.9. The molecule has 19 heavy (non-hydrogen) atoms. The number of nitrogen functional groups attached to an aromatic ring is 2. The lowest BCUT2D eigenvalue weighted by molar-refractivity contribution is 0.417. The Morgan fingerprint density at radius 2 is 1.79 bits per heavy atom. The molecular weight excluding hydrogens is 341 g/mol. The molecule has 0 atom stereocenters. The fourth-order valence-corrected chi connectivity index (χ4v) is 1.90. The highest BCUT2D eigenvalue weighted by atomic mass is 79.9. The van der Waals surface area contributed by atoms with Crippen LogP contribution in [0.5, 0.6) is 11.5 Å². The van der Waals surface area contributed by atoms with Gasteiger partial charge in [-0.3, -0.25) is 0 Å². The van der Waals surface area contributed by atoms with Gasteiger partial charge in [-0.25, -0.2) is 8.78 Å². The van der Waals surface area contributed by atoms with Gasteiger partial charge in [0.1, 0.15) is 5.02 Å². The predicted molar refractivity (Wildman–Crippen MR) is 74.4 cm³/mol. The first-order chi connectivity index (χ1) is 8.90. The summed E-state index contributed by atoms with van der Waals surface area (Å²) in [7, 11) is 0. The van der Waals surface area contributed by atoms with Crippen LogP contribution in [0.2, 0.25) is 5.02 Å². The van der Waals surface area contributed by atoms with Crippen LogP contribution in [0.15, 0.2) is 28.7 Å². The summed E-state index contributed by atoms with van der Waals surface area (Å²) in [6.07, 6.45) is 0. The van der Waals surface area contributed by atoms with E-state index in [4.69, 9.17) is 27.8 Å². The number of nitrogens with two attached hydrogens (primary N) is 2. The fraction of sp³-hybridized carbons (Fsp3) is 0. The molecule has 7 heteroatoms. The first-order valence-corrected chi connectivity index (χ1v) is 6.23. The third kappa shape index (κ3) is 2.74. The molecule has 3 nitrogen and oxygen atoms in total. The van der Waals surface area contributed by atoms with Crippen LogP contribution in [-0.4, -0.2) is 0 Å². The average Bonchev–Trinajstić information content (AvgIpc) is 2.36. The topological polar surface area (TPSA) is 61.3 Å². The first kappa shape index (κ1) is 13.9. The smallest absolute Gasteiger partial charge is 0.188 e. The molecule has 0 aliphatic rings. The van der Waals surface area contributed by atoms with Crippen LogP contribution < -0.4 is 16.2 Å². The molecule has 0 heterocycles. The second-order valence-corrected chi connectivity index (χ2v) is 4.98. The highest BCUT2D eigenvalue weighted by Crippen LogP contribution is 2.39. The highest BCUT2D eigenvalue weighted by Gasteiger charge is 2.18.